The van der Waals surface area contributed by atoms with Crippen molar-refractivity contribution in [3.05, 3.63) is 46.7 Å². The van der Waals surface area contributed by atoms with Gasteiger partial charge in [-0.05, 0) is 53.7 Å². The van der Waals surface area contributed by atoms with Crippen molar-refractivity contribution in [3.8, 4) is 5.75 Å². The Morgan fingerprint density at radius 1 is 1.26 bits per heavy atom. The fraction of sp³-hybridized carbons (Fsp3) is 0.267. The number of halogens is 3. The maximum Gasteiger partial charge on any atom is 0.573 e. The Labute approximate surface area is 135 Å². The van der Waals surface area contributed by atoms with Crippen LogP contribution in [-0.4, -0.2) is 30.8 Å². The van der Waals surface area contributed by atoms with Gasteiger partial charge < -0.3 is 10.1 Å². The summed E-state index contributed by atoms with van der Waals surface area (Å²) in [5.74, 6) is -0.572. The minimum Gasteiger partial charge on any atom is -0.406 e. The molecule has 1 aromatic heterocycles. The number of carbonyl (C=O) groups excluding carboxylic acids is 1. The smallest absolute Gasteiger partial charge is 0.406 e. The molecule has 0 radical (unpaired) electrons. The standard InChI is InChI=1S/C15H15F3N2O2S/c1-20(8-11-6-7-23-10-11)9-14(21)19-12-2-4-13(5-3-12)22-15(16,17)18/h2-7,10H,8-9H2,1H3,(H,19,21). The van der Waals surface area contributed by atoms with E-state index in [1.165, 1.54) is 12.1 Å². The Bertz CT molecular complexity index is 627. The number of rotatable bonds is 6. The molecule has 0 aliphatic rings. The third-order valence-electron chi connectivity index (χ3n) is 2.82. The predicted octanol–water partition coefficient (Wildman–Crippen LogP) is 3.72. The molecule has 0 spiro atoms. The summed E-state index contributed by atoms with van der Waals surface area (Å²) in [6.07, 6.45) is -4.73. The highest BCUT2D eigenvalue weighted by molar-refractivity contribution is 7.07. The number of ether oxygens (including phenoxy) is 1. The third kappa shape index (κ3) is 6.29. The summed E-state index contributed by atoms with van der Waals surface area (Å²) in [4.78, 5) is 13.7. The Morgan fingerprint density at radius 2 is 1.96 bits per heavy atom. The van der Waals surface area contributed by atoms with Crippen LogP contribution in [0.3, 0.4) is 0 Å². The second kappa shape index (κ2) is 7.47. The van der Waals surface area contributed by atoms with Crippen LogP contribution in [0.2, 0.25) is 0 Å². The molecule has 124 valence electrons. The third-order valence-corrected chi connectivity index (χ3v) is 3.55. The Morgan fingerprint density at radius 3 is 2.52 bits per heavy atom. The molecule has 0 aliphatic carbocycles. The first kappa shape index (κ1) is 17.3. The van der Waals surface area contributed by atoms with Crippen molar-refractivity contribution in [1.29, 1.82) is 0 Å². The van der Waals surface area contributed by atoms with Gasteiger partial charge in [-0.2, -0.15) is 11.3 Å². The van der Waals surface area contributed by atoms with Gasteiger partial charge in [0.15, 0.2) is 0 Å². The summed E-state index contributed by atoms with van der Waals surface area (Å²) in [5, 5.41) is 6.60. The van der Waals surface area contributed by atoms with E-state index in [1.54, 1.807) is 11.3 Å². The molecule has 1 N–H and O–H groups in total. The van der Waals surface area contributed by atoms with Crippen LogP contribution in [0.4, 0.5) is 18.9 Å². The highest BCUT2D eigenvalue weighted by Crippen LogP contribution is 2.23. The Kier molecular flexibility index (Phi) is 5.62. The lowest BCUT2D eigenvalue weighted by Crippen LogP contribution is -2.29. The number of nitrogens with one attached hydrogen (secondary N) is 1. The van der Waals surface area contributed by atoms with E-state index in [9.17, 15) is 18.0 Å². The topological polar surface area (TPSA) is 41.6 Å². The van der Waals surface area contributed by atoms with Gasteiger partial charge in [0, 0.05) is 12.2 Å². The highest BCUT2D eigenvalue weighted by atomic mass is 32.1. The summed E-state index contributed by atoms with van der Waals surface area (Å²) < 4.78 is 39.9. The van der Waals surface area contributed by atoms with E-state index in [0.717, 1.165) is 17.7 Å². The van der Waals surface area contributed by atoms with Gasteiger partial charge in [-0.15, -0.1) is 13.2 Å². The Balaban J connectivity index is 1.82. The van der Waals surface area contributed by atoms with Crippen molar-refractivity contribution in [1.82, 2.24) is 4.90 Å². The lowest BCUT2D eigenvalue weighted by Gasteiger charge is -2.15. The van der Waals surface area contributed by atoms with E-state index in [4.69, 9.17) is 0 Å². The second-order valence-corrected chi connectivity index (χ2v) is 5.70. The number of hydrogen-bond donors (Lipinski definition) is 1. The van der Waals surface area contributed by atoms with E-state index in [0.29, 0.717) is 12.2 Å². The number of amides is 1. The average molecular weight is 344 g/mol. The summed E-state index contributed by atoms with van der Waals surface area (Å²) in [6.45, 7) is 0.825. The van der Waals surface area contributed by atoms with E-state index >= 15 is 0 Å². The zero-order valence-electron chi connectivity index (χ0n) is 12.3. The number of likely N-dealkylation sites (N-methyl/N-ethyl adjacent to an activating group) is 1. The van der Waals surface area contributed by atoms with Gasteiger partial charge in [0.1, 0.15) is 5.75 Å². The largest absolute Gasteiger partial charge is 0.573 e. The molecule has 8 heteroatoms. The summed E-state index contributed by atoms with van der Waals surface area (Å²) in [5.41, 5.74) is 1.53. The number of benzene rings is 1. The molecule has 4 nitrogen and oxygen atoms in total. The Hall–Kier alpha value is -2.06. The molecule has 2 rings (SSSR count). The van der Waals surface area contributed by atoms with Crippen molar-refractivity contribution < 1.29 is 22.7 Å². The van der Waals surface area contributed by atoms with Gasteiger partial charge in [-0.3, -0.25) is 9.69 Å². The zero-order valence-corrected chi connectivity index (χ0v) is 13.1. The van der Waals surface area contributed by atoms with Crippen LogP contribution in [0.15, 0.2) is 41.1 Å². The minimum atomic E-state index is -4.73. The van der Waals surface area contributed by atoms with E-state index in [2.05, 4.69) is 10.1 Å². The van der Waals surface area contributed by atoms with Crippen LogP contribution < -0.4 is 10.1 Å². The quantitative estimate of drug-likeness (QED) is 0.868. The van der Waals surface area contributed by atoms with Crippen LogP contribution >= 0.6 is 11.3 Å². The lowest BCUT2D eigenvalue weighted by atomic mass is 10.3. The molecule has 0 unspecified atom stereocenters. The van der Waals surface area contributed by atoms with Crippen LogP contribution in [0.1, 0.15) is 5.56 Å². The number of hydrogen-bond acceptors (Lipinski definition) is 4. The van der Waals surface area contributed by atoms with Crippen molar-refractivity contribution in [2.75, 3.05) is 18.9 Å². The number of nitrogens with zero attached hydrogens (tertiary/aromatic N) is 1. The highest BCUT2D eigenvalue weighted by Gasteiger charge is 2.30. The van der Waals surface area contributed by atoms with Crippen LogP contribution in [0, 0.1) is 0 Å². The maximum atomic E-state index is 12.1. The number of alkyl halides is 3. The molecule has 0 saturated carbocycles. The van der Waals surface area contributed by atoms with Crippen LogP contribution in [0.5, 0.6) is 5.75 Å². The number of anilines is 1. The first-order chi connectivity index (χ1) is 10.8. The average Bonchev–Trinajstić information content (AvgIpc) is 2.91. The van der Waals surface area contributed by atoms with Gasteiger partial charge in [0.05, 0.1) is 6.54 Å². The molecule has 0 saturated heterocycles. The van der Waals surface area contributed by atoms with Gasteiger partial charge in [0.25, 0.3) is 0 Å². The predicted molar refractivity (Wildman–Crippen MR) is 82.4 cm³/mol. The summed E-state index contributed by atoms with van der Waals surface area (Å²) in [6, 6.07) is 7.00. The number of thiophene rings is 1. The summed E-state index contributed by atoms with van der Waals surface area (Å²) >= 11 is 1.59. The van der Waals surface area contributed by atoms with Crippen molar-refractivity contribution in [2.24, 2.45) is 0 Å². The first-order valence-electron chi connectivity index (χ1n) is 6.67. The van der Waals surface area contributed by atoms with Gasteiger partial charge in [-0.1, -0.05) is 0 Å². The molecule has 1 amide bonds. The molecular weight excluding hydrogens is 329 g/mol. The van der Waals surface area contributed by atoms with Gasteiger partial charge >= 0.3 is 6.36 Å². The molecule has 0 atom stereocenters. The molecule has 1 heterocycles. The second-order valence-electron chi connectivity index (χ2n) is 4.92. The number of carbonyl (C=O) groups is 1. The van der Waals surface area contributed by atoms with Crippen molar-refractivity contribution >= 4 is 22.9 Å². The molecule has 0 bridgehead atoms. The minimum absolute atomic E-state index is 0.177. The molecule has 0 fully saturated rings. The van der Waals surface area contributed by atoms with Crippen LogP contribution in [0.25, 0.3) is 0 Å². The van der Waals surface area contributed by atoms with Crippen molar-refractivity contribution in [2.45, 2.75) is 12.9 Å². The zero-order chi connectivity index (χ0) is 16.9. The molecule has 2 aromatic rings. The van der Waals surface area contributed by atoms with Gasteiger partial charge in [0.2, 0.25) is 5.91 Å². The van der Waals surface area contributed by atoms with E-state index in [1.807, 2.05) is 28.8 Å². The van der Waals surface area contributed by atoms with E-state index in [-0.39, 0.29) is 18.2 Å². The van der Waals surface area contributed by atoms with Crippen molar-refractivity contribution in [3.63, 3.8) is 0 Å². The van der Waals surface area contributed by atoms with Crippen LogP contribution in [-0.2, 0) is 11.3 Å². The normalized spacial score (nSPS) is 11.5. The monoisotopic (exact) mass is 344 g/mol. The SMILES string of the molecule is CN(CC(=O)Nc1ccc(OC(F)(F)F)cc1)Cc1ccsc1. The first-order valence-corrected chi connectivity index (χ1v) is 7.61. The molecule has 0 aliphatic heterocycles. The summed E-state index contributed by atoms with van der Waals surface area (Å²) in [7, 11) is 1.82. The van der Waals surface area contributed by atoms with E-state index < -0.39 is 6.36 Å². The molecule has 23 heavy (non-hydrogen) atoms. The maximum absolute atomic E-state index is 12.1. The lowest BCUT2D eigenvalue weighted by molar-refractivity contribution is -0.274. The fourth-order valence-electron chi connectivity index (χ4n) is 1.94. The molecule has 1 aromatic carbocycles. The molecular formula is C15H15F3N2O2S. The fourth-order valence-corrected chi connectivity index (χ4v) is 2.60. The van der Waals surface area contributed by atoms with Gasteiger partial charge in [-0.25, -0.2) is 0 Å².